The van der Waals surface area contributed by atoms with Gasteiger partial charge in [0.05, 0.1) is 6.54 Å². The zero-order valence-electron chi connectivity index (χ0n) is 20.6. The molecule has 1 aliphatic rings. The predicted molar refractivity (Wildman–Crippen MR) is 140 cm³/mol. The van der Waals surface area contributed by atoms with E-state index >= 15 is 0 Å². The van der Waals surface area contributed by atoms with Gasteiger partial charge in [-0.1, -0.05) is 12.6 Å². The summed E-state index contributed by atoms with van der Waals surface area (Å²) in [6, 6.07) is 15.5. The Balaban J connectivity index is 1.81. The lowest BCUT2D eigenvalue weighted by Gasteiger charge is -2.40. The molecule has 0 aromatic heterocycles. The second kappa shape index (κ2) is 12.2. The number of amides is 1. The van der Waals surface area contributed by atoms with Crippen LogP contribution in [-0.4, -0.2) is 72.5 Å². The number of hydrogen-bond acceptors (Lipinski definition) is 5. The number of carbonyl (C=O) groups is 1. The number of nitrogens with one attached hydrogen (secondary N) is 1. The van der Waals surface area contributed by atoms with E-state index in [2.05, 4.69) is 26.7 Å². The highest BCUT2D eigenvalue weighted by Crippen LogP contribution is 2.34. The quantitative estimate of drug-likeness (QED) is 0.430. The van der Waals surface area contributed by atoms with Gasteiger partial charge in [0, 0.05) is 62.3 Å². The van der Waals surface area contributed by atoms with Crippen molar-refractivity contribution in [3.05, 3.63) is 66.9 Å². The Labute approximate surface area is 203 Å². The SMILES string of the molecule is C=CNC(CN1CCC(N(c2ccc(C(=O)N(CC)CC)cc2)c2cccc(O)c2)CC1)=NC. The van der Waals surface area contributed by atoms with Gasteiger partial charge in [0.1, 0.15) is 11.6 Å². The van der Waals surface area contributed by atoms with Gasteiger partial charge in [0.15, 0.2) is 0 Å². The molecule has 7 nitrogen and oxygen atoms in total. The fourth-order valence-electron chi connectivity index (χ4n) is 4.52. The maximum atomic E-state index is 12.8. The molecule has 34 heavy (non-hydrogen) atoms. The molecule has 0 spiro atoms. The van der Waals surface area contributed by atoms with Crippen LogP contribution >= 0.6 is 0 Å². The maximum absolute atomic E-state index is 12.8. The van der Waals surface area contributed by atoms with E-state index < -0.39 is 0 Å². The van der Waals surface area contributed by atoms with Crippen molar-refractivity contribution in [1.82, 2.24) is 15.1 Å². The first-order chi connectivity index (χ1) is 16.5. The lowest BCUT2D eigenvalue weighted by molar-refractivity contribution is 0.0773. The molecular formula is C27H37N5O2. The van der Waals surface area contributed by atoms with Gasteiger partial charge in [-0.15, -0.1) is 0 Å². The van der Waals surface area contributed by atoms with Gasteiger partial charge in [0.25, 0.3) is 5.91 Å². The van der Waals surface area contributed by atoms with Crippen molar-refractivity contribution in [3.8, 4) is 5.75 Å². The van der Waals surface area contributed by atoms with Gasteiger partial charge in [0.2, 0.25) is 0 Å². The van der Waals surface area contributed by atoms with Crippen LogP contribution < -0.4 is 10.2 Å². The number of aromatic hydroxyl groups is 1. The van der Waals surface area contributed by atoms with Crippen molar-refractivity contribution in [2.24, 2.45) is 4.99 Å². The van der Waals surface area contributed by atoms with E-state index in [1.165, 1.54) is 0 Å². The lowest BCUT2D eigenvalue weighted by atomic mass is 10.0. The van der Waals surface area contributed by atoms with Gasteiger partial charge in [-0.3, -0.25) is 14.7 Å². The average molecular weight is 464 g/mol. The van der Waals surface area contributed by atoms with Crippen LogP contribution in [-0.2, 0) is 0 Å². The molecule has 1 saturated heterocycles. The molecule has 1 amide bonds. The number of anilines is 2. The topological polar surface area (TPSA) is 71.4 Å². The minimum atomic E-state index is 0.0512. The first-order valence-corrected chi connectivity index (χ1v) is 12.0. The van der Waals surface area contributed by atoms with Crippen molar-refractivity contribution >= 4 is 23.1 Å². The monoisotopic (exact) mass is 463 g/mol. The average Bonchev–Trinajstić information content (AvgIpc) is 2.86. The zero-order valence-corrected chi connectivity index (χ0v) is 20.6. The Morgan fingerprint density at radius 3 is 2.38 bits per heavy atom. The number of phenols is 1. The van der Waals surface area contributed by atoms with Crippen LogP contribution in [0.1, 0.15) is 37.0 Å². The second-order valence-corrected chi connectivity index (χ2v) is 8.44. The molecule has 7 heteroatoms. The Morgan fingerprint density at radius 1 is 1.15 bits per heavy atom. The Morgan fingerprint density at radius 2 is 1.82 bits per heavy atom. The predicted octanol–water partition coefficient (Wildman–Crippen LogP) is 4.24. The minimum absolute atomic E-state index is 0.0512. The maximum Gasteiger partial charge on any atom is 0.253 e. The van der Waals surface area contributed by atoms with Crippen molar-refractivity contribution in [2.75, 3.05) is 44.7 Å². The van der Waals surface area contributed by atoms with Crippen LogP contribution in [0.2, 0.25) is 0 Å². The largest absolute Gasteiger partial charge is 0.508 e. The third kappa shape index (κ3) is 6.17. The summed E-state index contributed by atoms with van der Waals surface area (Å²) in [5.41, 5.74) is 2.66. The molecule has 0 radical (unpaired) electrons. The molecule has 2 N–H and O–H groups in total. The fourth-order valence-corrected chi connectivity index (χ4v) is 4.52. The molecule has 3 rings (SSSR count). The van der Waals surface area contributed by atoms with Gasteiger partial charge >= 0.3 is 0 Å². The highest BCUT2D eigenvalue weighted by atomic mass is 16.3. The Kier molecular flexibility index (Phi) is 9.10. The summed E-state index contributed by atoms with van der Waals surface area (Å²) >= 11 is 0. The number of carbonyl (C=O) groups excluding carboxylic acids is 1. The summed E-state index contributed by atoms with van der Waals surface area (Å²) in [6.45, 7) is 11.7. The molecule has 2 aromatic rings. The summed E-state index contributed by atoms with van der Waals surface area (Å²) in [6.07, 6.45) is 3.61. The third-order valence-corrected chi connectivity index (χ3v) is 6.39. The van der Waals surface area contributed by atoms with Crippen molar-refractivity contribution in [2.45, 2.75) is 32.7 Å². The number of piperidine rings is 1. The summed E-state index contributed by atoms with van der Waals surface area (Å²) in [5.74, 6) is 1.20. The normalized spacial score (nSPS) is 15.1. The number of benzene rings is 2. The van der Waals surface area contributed by atoms with Crippen LogP contribution in [0.5, 0.6) is 5.75 Å². The van der Waals surface area contributed by atoms with E-state index in [1.807, 2.05) is 55.1 Å². The van der Waals surface area contributed by atoms with Crippen LogP contribution in [0.25, 0.3) is 0 Å². The zero-order chi connectivity index (χ0) is 24.5. The Bertz CT molecular complexity index is 977. The van der Waals surface area contributed by atoms with E-state index in [0.717, 1.165) is 49.7 Å². The van der Waals surface area contributed by atoms with Gasteiger partial charge < -0.3 is 20.2 Å². The van der Waals surface area contributed by atoms with E-state index in [-0.39, 0.29) is 17.7 Å². The molecule has 1 heterocycles. The standard InChI is InChI=1S/C27H37N5O2/c1-5-29-26(28-4)20-30-17-15-23(16-18-30)32(24-9-8-10-25(33)19-24)22-13-11-21(12-14-22)27(34)31(6-2)7-3/h5,8-14,19,23,33H,1,6-7,15-18,20H2,2-4H3,(H,28,29). The second-order valence-electron chi connectivity index (χ2n) is 8.44. The molecule has 0 aliphatic carbocycles. The minimum Gasteiger partial charge on any atom is -0.508 e. The summed E-state index contributed by atoms with van der Waals surface area (Å²) in [4.78, 5) is 23.6. The van der Waals surface area contributed by atoms with E-state index in [9.17, 15) is 9.90 Å². The molecule has 2 aromatic carbocycles. The summed E-state index contributed by atoms with van der Waals surface area (Å²) in [7, 11) is 1.79. The summed E-state index contributed by atoms with van der Waals surface area (Å²) in [5, 5.41) is 13.3. The molecule has 0 bridgehead atoms. The first kappa shape index (κ1) is 25.3. The number of likely N-dealkylation sites (tertiary alicyclic amines) is 1. The number of phenolic OH excluding ortho intramolecular Hbond substituents is 1. The molecule has 0 atom stereocenters. The lowest BCUT2D eigenvalue weighted by Crippen LogP contribution is -2.46. The highest BCUT2D eigenvalue weighted by molar-refractivity contribution is 5.94. The molecule has 0 saturated carbocycles. The number of amidine groups is 1. The molecule has 1 fully saturated rings. The number of nitrogens with zero attached hydrogens (tertiary/aromatic N) is 4. The van der Waals surface area contributed by atoms with Crippen LogP contribution in [0.15, 0.2) is 66.3 Å². The number of rotatable bonds is 9. The fraction of sp³-hybridized carbons (Fsp3) is 0.407. The van der Waals surface area contributed by atoms with Crippen molar-refractivity contribution in [1.29, 1.82) is 0 Å². The van der Waals surface area contributed by atoms with Crippen LogP contribution in [0.4, 0.5) is 11.4 Å². The van der Waals surface area contributed by atoms with Crippen LogP contribution in [0.3, 0.4) is 0 Å². The molecule has 0 unspecified atom stereocenters. The van der Waals surface area contributed by atoms with E-state index in [0.29, 0.717) is 18.7 Å². The first-order valence-electron chi connectivity index (χ1n) is 12.0. The van der Waals surface area contributed by atoms with Gasteiger partial charge in [-0.05, 0) is 69.3 Å². The van der Waals surface area contributed by atoms with Crippen molar-refractivity contribution in [3.63, 3.8) is 0 Å². The van der Waals surface area contributed by atoms with E-state index in [1.54, 1.807) is 25.4 Å². The van der Waals surface area contributed by atoms with Gasteiger partial charge in [-0.2, -0.15) is 0 Å². The number of hydrogen-bond donors (Lipinski definition) is 2. The van der Waals surface area contributed by atoms with Crippen molar-refractivity contribution < 1.29 is 9.90 Å². The van der Waals surface area contributed by atoms with Gasteiger partial charge in [-0.25, -0.2) is 0 Å². The third-order valence-electron chi connectivity index (χ3n) is 6.39. The summed E-state index contributed by atoms with van der Waals surface area (Å²) < 4.78 is 0. The highest BCUT2D eigenvalue weighted by Gasteiger charge is 2.27. The molecular weight excluding hydrogens is 426 g/mol. The van der Waals surface area contributed by atoms with E-state index in [4.69, 9.17) is 0 Å². The molecule has 182 valence electrons. The van der Waals surface area contributed by atoms with Crippen LogP contribution in [0, 0.1) is 0 Å². The molecule has 1 aliphatic heterocycles. The number of aliphatic imine (C=N–C) groups is 1. The smallest absolute Gasteiger partial charge is 0.253 e. The Hall–Kier alpha value is -3.32.